The van der Waals surface area contributed by atoms with E-state index in [-0.39, 0.29) is 11.2 Å². The van der Waals surface area contributed by atoms with E-state index in [1.165, 1.54) is 6.07 Å². The molecule has 0 spiro atoms. The second-order valence-corrected chi connectivity index (χ2v) is 3.32. The summed E-state index contributed by atoms with van der Waals surface area (Å²) in [6.45, 7) is 1.71. The summed E-state index contributed by atoms with van der Waals surface area (Å²) in [5.74, 6) is -0.193. The molecule has 0 unspecified atom stereocenters. The van der Waals surface area contributed by atoms with Crippen molar-refractivity contribution < 1.29 is 10.2 Å². The maximum Gasteiger partial charge on any atom is 0.223 e. The van der Waals surface area contributed by atoms with E-state index in [1.54, 1.807) is 17.7 Å². The van der Waals surface area contributed by atoms with Crippen LogP contribution in [0, 0.1) is 6.92 Å². The quantitative estimate of drug-likeness (QED) is 0.783. The van der Waals surface area contributed by atoms with Crippen LogP contribution in [0.5, 0.6) is 5.75 Å². The lowest BCUT2D eigenvalue weighted by Gasteiger charge is -2.10. The topological polar surface area (TPSA) is 62.5 Å². The SMILES string of the molecule is CO.Cc1c(O)c(=O)ccn1-c1ccccc1. The van der Waals surface area contributed by atoms with Gasteiger partial charge in [0, 0.05) is 25.1 Å². The zero-order valence-corrected chi connectivity index (χ0v) is 9.79. The molecule has 0 bridgehead atoms. The van der Waals surface area contributed by atoms with Crippen molar-refractivity contribution in [3.63, 3.8) is 0 Å². The van der Waals surface area contributed by atoms with Gasteiger partial charge in [0.05, 0.1) is 5.69 Å². The van der Waals surface area contributed by atoms with Gasteiger partial charge in [-0.2, -0.15) is 0 Å². The third kappa shape index (κ3) is 2.73. The Kier molecular flexibility index (Phi) is 4.48. The lowest BCUT2D eigenvalue weighted by molar-refractivity contribution is 0.399. The predicted octanol–water partition coefficient (Wildman–Crippen LogP) is 1.46. The summed E-state index contributed by atoms with van der Waals surface area (Å²) >= 11 is 0. The number of aliphatic hydroxyl groups is 1. The number of aromatic nitrogens is 1. The smallest absolute Gasteiger partial charge is 0.223 e. The molecule has 1 aromatic carbocycles. The molecule has 4 nitrogen and oxygen atoms in total. The summed E-state index contributed by atoms with van der Waals surface area (Å²) < 4.78 is 1.77. The second-order valence-electron chi connectivity index (χ2n) is 3.32. The fourth-order valence-electron chi connectivity index (χ4n) is 1.49. The van der Waals surface area contributed by atoms with Crippen LogP contribution >= 0.6 is 0 Å². The molecule has 2 rings (SSSR count). The average Bonchev–Trinajstić information content (AvgIpc) is 2.40. The van der Waals surface area contributed by atoms with Gasteiger partial charge in [0.1, 0.15) is 0 Å². The van der Waals surface area contributed by atoms with Gasteiger partial charge in [-0.15, -0.1) is 0 Å². The van der Waals surface area contributed by atoms with Gasteiger partial charge >= 0.3 is 0 Å². The Balaban J connectivity index is 0.000000686. The fraction of sp³-hybridized carbons (Fsp3) is 0.154. The van der Waals surface area contributed by atoms with Crippen molar-refractivity contribution in [1.82, 2.24) is 4.57 Å². The number of pyridine rings is 1. The van der Waals surface area contributed by atoms with E-state index < -0.39 is 0 Å². The Morgan fingerprint density at radius 2 is 1.65 bits per heavy atom. The number of hydrogen-bond acceptors (Lipinski definition) is 3. The number of para-hydroxylation sites is 1. The summed E-state index contributed by atoms with van der Waals surface area (Å²) in [4.78, 5) is 11.2. The maximum atomic E-state index is 11.2. The molecule has 0 aliphatic rings. The van der Waals surface area contributed by atoms with Gasteiger partial charge in [-0.3, -0.25) is 4.79 Å². The molecule has 2 aromatic rings. The first-order chi connectivity index (χ1) is 8.20. The molecule has 17 heavy (non-hydrogen) atoms. The number of aromatic hydroxyl groups is 1. The summed E-state index contributed by atoms with van der Waals surface area (Å²) in [7, 11) is 1.00. The second kappa shape index (κ2) is 5.86. The number of hydrogen-bond donors (Lipinski definition) is 2. The molecule has 0 amide bonds. The largest absolute Gasteiger partial charge is 0.503 e. The Hall–Kier alpha value is -2.07. The monoisotopic (exact) mass is 233 g/mol. The van der Waals surface area contributed by atoms with Gasteiger partial charge in [0.25, 0.3) is 0 Å². The molecular weight excluding hydrogens is 218 g/mol. The van der Waals surface area contributed by atoms with Crippen LogP contribution in [0.2, 0.25) is 0 Å². The first-order valence-electron chi connectivity index (χ1n) is 5.11. The van der Waals surface area contributed by atoms with Crippen LogP contribution in [0.1, 0.15) is 5.69 Å². The van der Waals surface area contributed by atoms with E-state index in [4.69, 9.17) is 5.11 Å². The van der Waals surface area contributed by atoms with Crippen molar-refractivity contribution in [2.45, 2.75) is 6.92 Å². The Morgan fingerprint density at radius 3 is 2.24 bits per heavy atom. The molecule has 0 saturated heterocycles. The number of aliphatic hydroxyl groups excluding tert-OH is 1. The van der Waals surface area contributed by atoms with E-state index in [0.717, 1.165) is 12.8 Å². The zero-order chi connectivity index (χ0) is 12.8. The highest BCUT2D eigenvalue weighted by atomic mass is 16.3. The van der Waals surface area contributed by atoms with Crippen LogP contribution in [0.3, 0.4) is 0 Å². The lowest BCUT2D eigenvalue weighted by Crippen LogP contribution is -2.08. The molecule has 4 heteroatoms. The Labute approximate surface area is 99.4 Å². The highest BCUT2D eigenvalue weighted by molar-refractivity contribution is 5.38. The lowest BCUT2D eigenvalue weighted by atomic mass is 10.2. The number of nitrogens with zero attached hydrogens (tertiary/aromatic N) is 1. The van der Waals surface area contributed by atoms with E-state index in [9.17, 15) is 9.90 Å². The maximum absolute atomic E-state index is 11.2. The van der Waals surface area contributed by atoms with E-state index in [2.05, 4.69) is 0 Å². The minimum absolute atomic E-state index is 0.193. The van der Waals surface area contributed by atoms with Gasteiger partial charge < -0.3 is 14.8 Å². The predicted molar refractivity (Wildman–Crippen MR) is 66.6 cm³/mol. The third-order valence-corrected chi connectivity index (χ3v) is 2.35. The highest BCUT2D eigenvalue weighted by Crippen LogP contribution is 2.15. The third-order valence-electron chi connectivity index (χ3n) is 2.35. The van der Waals surface area contributed by atoms with Crippen LogP contribution in [-0.2, 0) is 0 Å². The first kappa shape index (κ1) is 13.0. The molecule has 90 valence electrons. The van der Waals surface area contributed by atoms with Crippen LogP contribution in [0.25, 0.3) is 5.69 Å². The van der Waals surface area contributed by atoms with Crippen LogP contribution in [0.4, 0.5) is 0 Å². The van der Waals surface area contributed by atoms with E-state index in [1.807, 2.05) is 30.3 Å². The van der Waals surface area contributed by atoms with E-state index >= 15 is 0 Å². The molecule has 1 aromatic heterocycles. The van der Waals surface area contributed by atoms with Gasteiger partial charge in [-0.1, -0.05) is 18.2 Å². The molecule has 1 heterocycles. The van der Waals surface area contributed by atoms with Crippen molar-refractivity contribution in [2.24, 2.45) is 0 Å². The average molecular weight is 233 g/mol. The van der Waals surface area contributed by atoms with Crippen molar-refractivity contribution in [3.8, 4) is 11.4 Å². The van der Waals surface area contributed by atoms with Crippen molar-refractivity contribution in [2.75, 3.05) is 7.11 Å². The van der Waals surface area contributed by atoms with Crippen LogP contribution in [0.15, 0.2) is 47.4 Å². The van der Waals surface area contributed by atoms with Crippen molar-refractivity contribution in [1.29, 1.82) is 0 Å². The molecule has 0 aliphatic carbocycles. The highest BCUT2D eigenvalue weighted by Gasteiger charge is 2.05. The van der Waals surface area contributed by atoms with Crippen molar-refractivity contribution in [3.05, 3.63) is 58.5 Å². The summed E-state index contributed by atoms with van der Waals surface area (Å²) in [5.41, 5.74) is 1.12. The minimum Gasteiger partial charge on any atom is -0.503 e. The molecule has 0 radical (unpaired) electrons. The van der Waals surface area contributed by atoms with Gasteiger partial charge in [0.15, 0.2) is 5.75 Å². The van der Waals surface area contributed by atoms with Gasteiger partial charge in [0.2, 0.25) is 5.43 Å². The number of rotatable bonds is 1. The van der Waals surface area contributed by atoms with Gasteiger partial charge in [-0.25, -0.2) is 0 Å². The molecule has 0 aliphatic heterocycles. The summed E-state index contributed by atoms with van der Waals surface area (Å²) in [6, 6.07) is 10.9. The Morgan fingerprint density at radius 1 is 1.06 bits per heavy atom. The molecule has 0 saturated carbocycles. The minimum atomic E-state index is -0.348. The van der Waals surface area contributed by atoms with Crippen molar-refractivity contribution >= 4 is 0 Å². The Bertz CT molecular complexity index is 532. The molecule has 2 N–H and O–H groups in total. The molecule has 0 atom stereocenters. The van der Waals surface area contributed by atoms with Crippen LogP contribution < -0.4 is 5.43 Å². The molecule has 0 fully saturated rings. The number of benzene rings is 1. The summed E-state index contributed by atoms with van der Waals surface area (Å²) in [5, 5.41) is 16.5. The zero-order valence-electron chi connectivity index (χ0n) is 9.79. The summed E-state index contributed by atoms with van der Waals surface area (Å²) in [6.07, 6.45) is 1.66. The van der Waals surface area contributed by atoms with E-state index in [0.29, 0.717) is 5.69 Å². The van der Waals surface area contributed by atoms with Gasteiger partial charge in [-0.05, 0) is 19.1 Å². The van der Waals surface area contributed by atoms with Crippen LogP contribution in [-0.4, -0.2) is 21.9 Å². The normalized spacial score (nSPS) is 9.35. The molecular formula is C13H15NO3. The first-order valence-corrected chi connectivity index (χ1v) is 5.11. The fourth-order valence-corrected chi connectivity index (χ4v) is 1.49. The standard InChI is InChI=1S/C12H11NO2.CH4O/c1-9-12(15)11(14)7-8-13(9)10-5-3-2-4-6-10;1-2/h2-8,15H,1H3;2H,1H3.